The van der Waals surface area contributed by atoms with Gasteiger partial charge in [0.15, 0.2) is 11.5 Å². The van der Waals surface area contributed by atoms with Crippen LogP contribution in [-0.4, -0.2) is 53.8 Å². The first-order valence-corrected chi connectivity index (χ1v) is 11.8. The number of halogens is 1. The van der Waals surface area contributed by atoms with Crippen LogP contribution in [-0.2, 0) is 4.79 Å². The third kappa shape index (κ3) is 4.61. The van der Waals surface area contributed by atoms with Crippen LogP contribution in [0.1, 0.15) is 53.9 Å². The molecule has 4 rings (SSSR count). The minimum Gasteiger partial charge on any atom is -0.503 e. The van der Waals surface area contributed by atoms with E-state index in [-0.39, 0.29) is 11.3 Å². The van der Waals surface area contributed by atoms with Gasteiger partial charge in [0.25, 0.3) is 5.91 Å². The van der Waals surface area contributed by atoms with Crippen molar-refractivity contribution in [3.8, 4) is 0 Å². The summed E-state index contributed by atoms with van der Waals surface area (Å²) in [6.45, 7) is 5.40. The Morgan fingerprint density at radius 1 is 1.15 bits per heavy atom. The zero-order chi connectivity index (χ0) is 24.6. The summed E-state index contributed by atoms with van der Waals surface area (Å²) >= 11 is 6.07. The maximum Gasteiger partial charge on any atom is 0.290 e. The van der Waals surface area contributed by atoms with Crippen LogP contribution in [0.5, 0.6) is 0 Å². The molecule has 2 heterocycles. The lowest BCUT2D eigenvalue weighted by Gasteiger charge is -2.27. The van der Waals surface area contributed by atoms with Crippen LogP contribution in [0.25, 0.3) is 11.0 Å². The summed E-state index contributed by atoms with van der Waals surface area (Å²) in [5.41, 5.74) is 2.48. The summed E-state index contributed by atoms with van der Waals surface area (Å²) < 4.78 is 5.77. The maximum atomic E-state index is 13.6. The van der Waals surface area contributed by atoms with Crippen molar-refractivity contribution in [2.24, 2.45) is 0 Å². The third-order valence-corrected chi connectivity index (χ3v) is 6.41. The van der Waals surface area contributed by atoms with E-state index >= 15 is 0 Å². The Kier molecular flexibility index (Phi) is 6.82. The quantitative estimate of drug-likeness (QED) is 0.416. The van der Waals surface area contributed by atoms with Gasteiger partial charge in [-0.1, -0.05) is 49.7 Å². The van der Waals surface area contributed by atoms with E-state index in [1.165, 1.54) is 0 Å². The molecule has 6 nitrogen and oxygen atoms in total. The molecule has 0 aliphatic carbocycles. The van der Waals surface area contributed by atoms with Gasteiger partial charge in [-0.3, -0.25) is 9.59 Å². The average Bonchev–Trinajstić information content (AvgIpc) is 3.32. The number of rotatable bonds is 8. The lowest BCUT2D eigenvalue weighted by Crippen LogP contribution is -2.33. The molecule has 1 amide bonds. The summed E-state index contributed by atoms with van der Waals surface area (Å²) in [6.07, 6.45) is 0.706. The molecule has 0 bridgehead atoms. The van der Waals surface area contributed by atoms with Crippen LogP contribution < -0.4 is 0 Å². The second kappa shape index (κ2) is 9.65. The van der Waals surface area contributed by atoms with Crippen LogP contribution >= 0.6 is 11.6 Å². The number of carbonyl (C=O) groups is 2. The summed E-state index contributed by atoms with van der Waals surface area (Å²) in [5.74, 6) is -1.16. The topological polar surface area (TPSA) is 74.0 Å². The van der Waals surface area contributed by atoms with Crippen molar-refractivity contribution in [3.63, 3.8) is 0 Å². The number of carbonyl (C=O) groups excluding carboxylic acids is 2. The van der Waals surface area contributed by atoms with Crippen LogP contribution in [0.4, 0.5) is 0 Å². The molecule has 178 valence electrons. The van der Waals surface area contributed by atoms with Crippen molar-refractivity contribution in [1.82, 2.24) is 9.80 Å². The molecule has 0 spiro atoms. The monoisotopic (exact) mass is 480 g/mol. The predicted molar refractivity (Wildman–Crippen MR) is 133 cm³/mol. The number of hydrogen-bond acceptors (Lipinski definition) is 5. The van der Waals surface area contributed by atoms with Crippen molar-refractivity contribution < 1.29 is 19.1 Å². The zero-order valence-electron chi connectivity index (χ0n) is 19.8. The number of fused-ring (bicyclic) bond motifs is 1. The Hall–Kier alpha value is -3.09. The van der Waals surface area contributed by atoms with Gasteiger partial charge in [0.1, 0.15) is 5.58 Å². The molecule has 1 N–H and O–H groups in total. The molecular weight excluding hydrogens is 452 g/mol. The second-order valence-corrected chi connectivity index (χ2v) is 9.70. The van der Waals surface area contributed by atoms with Crippen LogP contribution in [0, 0.1) is 0 Å². The van der Waals surface area contributed by atoms with Gasteiger partial charge in [0, 0.05) is 17.0 Å². The zero-order valence-corrected chi connectivity index (χ0v) is 20.6. The standard InChI is InChI=1S/C27H29ClN2O4/c1-16(2)17-6-8-18(9-7-17)24-23(26(32)27(33)30(24)13-5-12-29(3)4)25(31)22-15-19-14-20(28)10-11-21(19)34-22/h6-11,14-16,24,32H,5,12-13H2,1-4H3. The highest BCUT2D eigenvalue weighted by Crippen LogP contribution is 2.40. The van der Waals surface area contributed by atoms with Gasteiger partial charge in [-0.05, 0) is 68.4 Å². The van der Waals surface area contributed by atoms with E-state index in [0.717, 1.165) is 17.7 Å². The summed E-state index contributed by atoms with van der Waals surface area (Å²) in [5, 5.41) is 12.1. The van der Waals surface area contributed by atoms with Gasteiger partial charge < -0.3 is 19.3 Å². The number of furan rings is 1. The molecule has 0 fully saturated rings. The largest absolute Gasteiger partial charge is 0.503 e. The highest BCUT2D eigenvalue weighted by molar-refractivity contribution is 6.31. The molecule has 3 aromatic rings. The lowest BCUT2D eigenvalue weighted by atomic mass is 9.93. The number of amides is 1. The highest BCUT2D eigenvalue weighted by Gasteiger charge is 2.44. The van der Waals surface area contributed by atoms with Gasteiger partial charge in [0.2, 0.25) is 5.78 Å². The van der Waals surface area contributed by atoms with Crippen LogP contribution in [0.2, 0.25) is 5.02 Å². The van der Waals surface area contributed by atoms with E-state index in [2.05, 4.69) is 13.8 Å². The van der Waals surface area contributed by atoms with E-state index in [4.69, 9.17) is 16.0 Å². The number of Topliss-reactive ketones (excluding diaryl/α,β-unsaturated/α-hetero) is 1. The molecule has 34 heavy (non-hydrogen) atoms. The SMILES string of the molecule is CC(C)c1ccc(C2C(C(=O)c3cc4cc(Cl)ccc4o3)=C(O)C(=O)N2CCCN(C)C)cc1. The number of benzene rings is 2. The fourth-order valence-corrected chi connectivity index (χ4v) is 4.52. The number of nitrogens with zero attached hydrogens (tertiary/aromatic N) is 2. The first-order chi connectivity index (χ1) is 16.2. The van der Waals surface area contributed by atoms with Gasteiger partial charge in [-0.2, -0.15) is 0 Å². The van der Waals surface area contributed by atoms with Crippen molar-refractivity contribution >= 4 is 34.3 Å². The Labute approximate surface area is 204 Å². The molecule has 2 aromatic carbocycles. The van der Waals surface area contributed by atoms with E-state index in [0.29, 0.717) is 34.9 Å². The summed E-state index contributed by atoms with van der Waals surface area (Å²) in [4.78, 5) is 30.3. The Balaban J connectivity index is 1.75. The maximum absolute atomic E-state index is 13.6. The van der Waals surface area contributed by atoms with E-state index in [1.54, 1.807) is 29.2 Å². The fraction of sp³-hybridized carbons (Fsp3) is 0.333. The second-order valence-electron chi connectivity index (χ2n) is 9.26. The average molecular weight is 481 g/mol. The molecule has 1 aliphatic heterocycles. The van der Waals surface area contributed by atoms with Gasteiger partial charge >= 0.3 is 0 Å². The number of aliphatic hydroxyl groups excluding tert-OH is 1. The summed E-state index contributed by atoms with van der Waals surface area (Å²) in [7, 11) is 3.93. The Morgan fingerprint density at radius 2 is 1.85 bits per heavy atom. The molecule has 1 aliphatic rings. The Bertz CT molecular complexity index is 1260. The van der Waals surface area contributed by atoms with Crippen molar-refractivity contribution in [1.29, 1.82) is 0 Å². The van der Waals surface area contributed by atoms with Gasteiger partial charge in [-0.25, -0.2) is 0 Å². The first-order valence-electron chi connectivity index (χ1n) is 11.4. The van der Waals surface area contributed by atoms with Crippen LogP contribution in [0.3, 0.4) is 0 Å². The van der Waals surface area contributed by atoms with E-state index in [1.807, 2.05) is 43.3 Å². The molecule has 0 radical (unpaired) electrons. The normalized spacial score (nSPS) is 16.5. The molecule has 7 heteroatoms. The Morgan fingerprint density at radius 3 is 2.50 bits per heavy atom. The number of hydrogen-bond donors (Lipinski definition) is 1. The molecule has 1 atom stereocenters. The first kappa shape index (κ1) is 24.0. The minimum atomic E-state index is -0.694. The van der Waals surface area contributed by atoms with E-state index < -0.39 is 23.5 Å². The number of ketones is 1. The minimum absolute atomic E-state index is 0.0392. The molecular formula is C27H29ClN2O4. The predicted octanol–water partition coefficient (Wildman–Crippen LogP) is 5.74. The van der Waals surface area contributed by atoms with Crippen molar-refractivity contribution in [2.75, 3.05) is 27.2 Å². The van der Waals surface area contributed by atoms with Crippen LogP contribution in [0.15, 0.2) is 64.3 Å². The van der Waals surface area contributed by atoms with Crippen molar-refractivity contribution in [3.05, 3.63) is 81.8 Å². The van der Waals surface area contributed by atoms with Gasteiger partial charge in [0.05, 0.1) is 11.6 Å². The highest BCUT2D eigenvalue weighted by atomic mass is 35.5. The lowest BCUT2D eigenvalue weighted by molar-refractivity contribution is -0.129. The smallest absolute Gasteiger partial charge is 0.290 e. The molecule has 0 saturated heterocycles. The number of aliphatic hydroxyl groups is 1. The van der Waals surface area contributed by atoms with Crippen molar-refractivity contribution in [2.45, 2.75) is 32.2 Å². The molecule has 0 saturated carbocycles. The van der Waals surface area contributed by atoms with E-state index in [9.17, 15) is 14.7 Å². The molecule has 1 aromatic heterocycles. The fourth-order valence-electron chi connectivity index (χ4n) is 4.34. The third-order valence-electron chi connectivity index (χ3n) is 6.17. The molecule has 1 unspecified atom stereocenters. The van der Waals surface area contributed by atoms with Gasteiger partial charge in [-0.15, -0.1) is 0 Å². The summed E-state index contributed by atoms with van der Waals surface area (Å²) in [6, 6.07) is 13.9.